The lowest BCUT2D eigenvalue weighted by Gasteiger charge is -2.06. The summed E-state index contributed by atoms with van der Waals surface area (Å²) in [6, 6.07) is 15.3. The predicted octanol–water partition coefficient (Wildman–Crippen LogP) is 5.43. The Bertz CT molecular complexity index is 623. The number of hydrogen-bond donors (Lipinski definition) is 0. The van der Waals surface area contributed by atoms with Crippen LogP contribution in [0.2, 0.25) is 0 Å². The second-order valence-electron chi connectivity index (χ2n) is 4.48. The number of rotatable bonds is 2. The first kappa shape index (κ1) is 12.2. The molecule has 0 amide bonds. The van der Waals surface area contributed by atoms with Gasteiger partial charge in [0, 0.05) is 0 Å². The molecule has 0 saturated heterocycles. The second kappa shape index (κ2) is 5.02. The SMILES string of the molecule is BrC(Br)=CCc1cccc2c1Cc1ccccc1-2. The molecule has 0 fully saturated rings. The van der Waals surface area contributed by atoms with E-state index in [1.165, 1.54) is 27.8 Å². The Morgan fingerprint density at radius 3 is 2.61 bits per heavy atom. The smallest absolute Gasteiger partial charge is 0.0567 e. The third-order valence-corrected chi connectivity index (χ3v) is 4.07. The molecule has 2 heteroatoms. The van der Waals surface area contributed by atoms with Crippen molar-refractivity contribution in [2.45, 2.75) is 12.8 Å². The topological polar surface area (TPSA) is 0 Å². The summed E-state index contributed by atoms with van der Waals surface area (Å²) in [5.41, 5.74) is 7.15. The standard InChI is InChI=1S/C16H12Br2/c17-16(18)9-8-11-5-3-7-14-13-6-2-1-4-12(13)10-15(11)14/h1-7,9H,8,10H2. The molecule has 1 aliphatic carbocycles. The maximum atomic E-state index is 3.42. The minimum absolute atomic E-state index is 0.961. The number of halogens is 2. The Morgan fingerprint density at radius 2 is 1.78 bits per heavy atom. The van der Waals surface area contributed by atoms with E-state index in [1.807, 2.05) is 0 Å². The zero-order valence-corrected chi connectivity index (χ0v) is 13.0. The minimum atomic E-state index is 0.961. The summed E-state index contributed by atoms with van der Waals surface area (Å²) in [4.78, 5) is 0. The summed E-state index contributed by atoms with van der Waals surface area (Å²) in [5.74, 6) is 0. The zero-order valence-electron chi connectivity index (χ0n) is 9.79. The monoisotopic (exact) mass is 362 g/mol. The third kappa shape index (κ3) is 2.19. The van der Waals surface area contributed by atoms with E-state index in [1.54, 1.807) is 0 Å². The molecule has 0 heterocycles. The molecular formula is C16H12Br2. The Balaban J connectivity index is 2.06. The van der Waals surface area contributed by atoms with E-state index in [2.05, 4.69) is 80.4 Å². The van der Waals surface area contributed by atoms with E-state index in [4.69, 9.17) is 0 Å². The van der Waals surface area contributed by atoms with Gasteiger partial charge in [-0.3, -0.25) is 0 Å². The highest BCUT2D eigenvalue weighted by Gasteiger charge is 2.19. The quantitative estimate of drug-likeness (QED) is 0.569. The Hall–Kier alpha value is -0.860. The maximum absolute atomic E-state index is 3.42. The summed E-state index contributed by atoms with van der Waals surface area (Å²) in [7, 11) is 0. The molecule has 0 unspecified atom stereocenters. The lowest BCUT2D eigenvalue weighted by atomic mass is 9.99. The number of fused-ring (bicyclic) bond motifs is 3. The number of hydrogen-bond acceptors (Lipinski definition) is 0. The van der Waals surface area contributed by atoms with Gasteiger partial charge in [0.15, 0.2) is 0 Å². The second-order valence-corrected chi connectivity index (χ2v) is 7.25. The van der Waals surface area contributed by atoms with E-state index in [-0.39, 0.29) is 0 Å². The summed E-state index contributed by atoms with van der Waals surface area (Å²) in [5, 5.41) is 0. The molecule has 0 aromatic heterocycles. The molecule has 18 heavy (non-hydrogen) atoms. The number of benzene rings is 2. The molecule has 0 radical (unpaired) electrons. The molecule has 0 bridgehead atoms. The van der Waals surface area contributed by atoms with E-state index in [0.717, 1.165) is 16.2 Å². The van der Waals surface area contributed by atoms with Gasteiger partial charge >= 0.3 is 0 Å². The minimum Gasteiger partial charge on any atom is -0.0619 e. The van der Waals surface area contributed by atoms with Gasteiger partial charge < -0.3 is 0 Å². The van der Waals surface area contributed by atoms with Gasteiger partial charge in [-0.15, -0.1) is 0 Å². The van der Waals surface area contributed by atoms with Crippen molar-refractivity contribution >= 4 is 31.9 Å². The largest absolute Gasteiger partial charge is 0.0619 e. The third-order valence-electron chi connectivity index (χ3n) is 3.42. The lowest BCUT2D eigenvalue weighted by molar-refractivity contribution is 1.16. The molecule has 2 aromatic carbocycles. The van der Waals surface area contributed by atoms with E-state index < -0.39 is 0 Å². The molecule has 2 aromatic rings. The van der Waals surface area contributed by atoms with Gasteiger partial charge in [-0.2, -0.15) is 0 Å². The summed E-state index contributed by atoms with van der Waals surface area (Å²) < 4.78 is 1.02. The maximum Gasteiger partial charge on any atom is 0.0567 e. The van der Waals surface area contributed by atoms with Crippen molar-refractivity contribution < 1.29 is 0 Å². The highest BCUT2D eigenvalue weighted by molar-refractivity contribution is 9.28. The summed E-state index contributed by atoms with van der Waals surface area (Å²) in [6.45, 7) is 0. The molecule has 3 rings (SSSR count). The predicted molar refractivity (Wildman–Crippen MR) is 84.3 cm³/mol. The normalized spacial score (nSPS) is 11.9. The molecule has 1 aliphatic rings. The van der Waals surface area contributed by atoms with Crippen LogP contribution >= 0.6 is 31.9 Å². The van der Waals surface area contributed by atoms with Crippen molar-refractivity contribution in [3.8, 4) is 11.1 Å². The van der Waals surface area contributed by atoms with Crippen LogP contribution in [0.5, 0.6) is 0 Å². The van der Waals surface area contributed by atoms with Gasteiger partial charge in [-0.05, 0) is 72.5 Å². The van der Waals surface area contributed by atoms with Crippen molar-refractivity contribution in [1.82, 2.24) is 0 Å². The fourth-order valence-corrected chi connectivity index (χ4v) is 2.93. The summed E-state index contributed by atoms with van der Waals surface area (Å²) in [6.07, 6.45) is 4.18. The van der Waals surface area contributed by atoms with Crippen LogP contribution < -0.4 is 0 Å². The first-order valence-electron chi connectivity index (χ1n) is 5.96. The van der Waals surface area contributed by atoms with Crippen molar-refractivity contribution in [2.75, 3.05) is 0 Å². The van der Waals surface area contributed by atoms with Crippen molar-refractivity contribution in [3.05, 3.63) is 68.6 Å². The fraction of sp³-hybridized carbons (Fsp3) is 0.125. The van der Waals surface area contributed by atoms with Crippen LogP contribution in [0.1, 0.15) is 16.7 Å². The highest BCUT2D eigenvalue weighted by Crippen LogP contribution is 2.38. The fourth-order valence-electron chi connectivity index (χ4n) is 2.60. The van der Waals surface area contributed by atoms with E-state index in [0.29, 0.717) is 0 Å². The number of allylic oxidation sites excluding steroid dienone is 1. The first-order valence-corrected chi connectivity index (χ1v) is 7.54. The van der Waals surface area contributed by atoms with Gasteiger partial charge in [0.1, 0.15) is 0 Å². The van der Waals surface area contributed by atoms with Crippen molar-refractivity contribution in [2.24, 2.45) is 0 Å². The average molecular weight is 364 g/mol. The molecule has 0 saturated carbocycles. The molecule has 0 nitrogen and oxygen atoms in total. The summed E-state index contributed by atoms with van der Waals surface area (Å²) >= 11 is 6.84. The van der Waals surface area contributed by atoms with Crippen LogP contribution in [0, 0.1) is 0 Å². The van der Waals surface area contributed by atoms with Crippen LogP contribution in [0.25, 0.3) is 11.1 Å². The van der Waals surface area contributed by atoms with Crippen LogP contribution in [-0.4, -0.2) is 0 Å². The Labute approximate surface area is 124 Å². The zero-order chi connectivity index (χ0) is 12.5. The van der Waals surface area contributed by atoms with Gasteiger partial charge in [0.05, 0.1) is 3.39 Å². The van der Waals surface area contributed by atoms with Crippen LogP contribution in [0.15, 0.2) is 51.9 Å². The van der Waals surface area contributed by atoms with Crippen LogP contribution in [0.3, 0.4) is 0 Å². The molecule has 0 atom stereocenters. The van der Waals surface area contributed by atoms with E-state index in [9.17, 15) is 0 Å². The van der Waals surface area contributed by atoms with E-state index >= 15 is 0 Å². The van der Waals surface area contributed by atoms with Gasteiger partial charge in [0.25, 0.3) is 0 Å². The Morgan fingerprint density at radius 1 is 1.00 bits per heavy atom. The van der Waals surface area contributed by atoms with Crippen LogP contribution in [0.4, 0.5) is 0 Å². The first-order chi connectivity index (χ1) is 8.75. The van der Waals surface area contributed by atoms with Gasteiger partial charge in [-0.1, -0.05) is 48.5 Å². The molecule has 0 aliphatic heterocycles. The van der Waals surface area contributed by atoms with Gasteiger partial charge in [0.2, 0.25) is 0 Å². The molecular weight excluding hydrogens is 352 g/mol. The average Bonchev–Trinajstić information content (AvgIpc) is 2.75. The Kier molecular flexibility index (Phi) is 3.40. The van der Waals surface area contributed by atoms with Crippen molar-refractivity contribution in [1.29, 1.82) is 0 Å². The molecule has 90 valence electrons. The van der Waals surface area contributed by atoms with Gasteiger partial charge in [-0.25, -0.2) is 0 Å². The highest BCUT2D eigenvalue weighted by atomic mass is 79.9. The van der Waals surface area contributed by atoms with Crippen molar-refractivity contribution in [3.63, 3.8) is 0 Å². The molecule has 0 spiro atoms. The molecule has 0 N–H and O–H groups in total. The van der Waals surface area contributed by atoms with Crippen LogP contribution in [-0.2, 0) is 12.8 Å². The lowest BCUT2D eigenvalue weighted by Crippen LogP contribution is -1.90.